The molecule has 1 heterocycles. The minimum Gasteiger partial charge on any atom is -0.480 e. The van der Waals surface area contributed by atoms with Gasteiger partial charge in [0.25, 0.3) is 11.5 Å². The van der Waals surface area contributed by atoms with Gasteiger partial charge in [-0.05, 0) is 43.2 Å². The van der Waals surface area contributed by atoms with Gasteiger partial charge in [0.15, 0.2) is 0 Å². The summed E-state index contributed by atoms with van der Waals surface area (Å²) in [5.74, 6) is -2.11. The number of carbonyl (C=O) groups excluding carboxylic acids is 1. The molecule has 27 heavy (non-hydrogen) atoms. The SMILES string of the molecule is CC(C)[C@H](NC(=O)c1cc2c(n(CCC#N)c1=O)CCCCCC2)C(=O)O. The number of rotatable bonds is 6. The highest BCUT2D eigenvalue weighted by molar-refractivity contribution is 5.96. The zero-order valence-electron chi connectivity index (χ0n) is 16.0. The van der Waals surface area contributed by atoms with E-state index in [1.165, 1.54) is 0 Å². The van der Waals surface area contributed by atoms with Gasteiger partial charge >= 0.3 is 5.97 Å². The third kappa shape index (κ3) is 4.97. The summed E-state index contributed by atoms with van der Waals surface area (Å²) < 4.78 is 1.55. The van der Waals surface area contributed by atoms with Crippen LogP contribution in [0, 0.1) is 17.2 Å². The summed E-state index contributed by atoms with van der Waals surface area (Å²) in [4.78, 5) is 37.0. The van der Waals surface area contributed by atoms with E-state index in [4.69, 9.17) is 5.26 Å². The van der Waals surface area contributed by atoms with E-state index in [0.29, 0.717) is 0 Å². The number of hydrogen-bond acceptors (Lipinski definition) is 4. The molecule has 7 heteroatoms. The van der Waals surface area contributed by atoms with Crippen LogP contribution in [0.15, 0.2) is 10.9 Å². The summed E-state index contributed by atoms with van der Waals surface area (Å²) in [6.07, 6.45) is 5.86. The Kier molecular flexibility index (Phi) is 7.17. The van der Waals surface area contributed by atoms with Gasteiger partial charge in [0, 0.05) is 12.2 Å². The molecule has 1 aromatic heterocycles. The number of carboxylic acid groups (broad SMARTS) is 1. The number of aliphatic carboxylic acids is 1. The number of carboxylic acids is 1. The number of nitrogens with zero attached hydrogens (tertiary/aromatic N) is 2. The molecule has 0 aromatic carbocycles. The average molecular weight is 373 g/mol. The molecule has 2 N–H and O–H groups in total. The van der Waals surface area contributed by atoms with Gasteiger partial charge in [-0.2, -0.15) is 5.26 Å². The molecule has 1 amide bonds. The minimum atomic E-state index is -1.13. The van der Waals surface area contributed by atoms with Crippen LogP contribution in [0.3, 0.4) is 0 Å². The second-order valence-electron chi connectivity index (χ2n) is 7.34. The predicted octanol–water partition coefficient (Wildman–Crippen LogP) is 2.26. The van der Waals surface area contributed by atoms with E-state index < -0.39 is 23.5 Å². The normalized spacial score (nSPS) is 15.2. The Hall–Kier alpha value is -2.62. The molecule has 2 rings (SSSR count). The summed E-state index contributed by atoms with van der Waals surface area (Å²) in [5.41, 5.74) is 1.37. The number of carbonyl (C=O) groups is 2. The number of fused-ring (bicyclic) bond motifs is 1. The minimum absolute atomic E-state index is 0.0424. The number of aromatic nitrogens is 1. The zero-order valence-corrected chi connectivity index (χ0v) is 16.0. The topological polar surface area (TPSA) is 112 Å². The number of nitrogens with one attached hydrogen (secondary N) is 1. The first kappa shape index (κ1) is 20.7. The van der Waals surface area contributed by atoms with Crippen LogP contribution < -0.4 is 10.9 Å². The molecule has 0 saturated carbocycles. The molecular weight excluding hydrogens is 346 g/mol. The lowest BCUT2D eigenvalue weighted by atomic mass is 9.95. The van der Waals surface area contributed by atoms with Crippen molar-refractivity contribution in [2.75, 3.05) is 0 Å². The third-order valence-electron chi connectivity index (χ3n) is 5.01. The molecule has 1 aromatic rings. The van der Waals surface area contributed by atoms with E-state index in [1.54, 1.807) is 24.5 Å². The van der Waals surface area contributed by atoms with E-state index in [-0.39, 0.29) is 24.4 Å². The molecule has 1 aliphatic rings. The fourth-order valence-corrected chi connectivity index (χ4v) is 3.53. The molecule has 0 saturated heterocycles. The standard InChI is InChI=1S/C20H27N3O4/c1-13(2)17(20(26)27)22-18(24)15-12-14-8-5-3-4-6-9-16(14)23(19(15)25)11-7-10-21/h12-13,17H,3-9,11H2,1-2H3,(H,22,24)(H,26,27)/t17-/m0/s1. The Bertz CT molecular complexity index is 805. The van der Waals surface area contributed by atoms with E-state index in [1.807, 2.05) is 0 Å². The maximum atomic E-state index is 13.0. The van der Waals surface area contributed by atoms with Gasteiger partial charge in [-0.1, -0.05) is 26.7 Å². The molecule has 146 valence electrons. The van der Waals surface area contributed by atoms with Crippen molar-refractivity contribution in [3.8, 4) is 6.07 Å². The summed E-state index contributed by atoms with van der Waals surface area (Å²) in [6, 6.07) is 2.61. The second kappa shape index (κ2) is 9.36. The van der Waals surface area contributed by atoms with Crippen LogP contribution in [-0.2, 0) is 24.2 Å². The molecule has 0 bridgehead atoms. The fraction of sp³-hybridized carbons (Fsp3) is 0.600. The summed E-state index contributed by atoms with van der Waals surface area (Å²) in [5, 5.41) is 20.7. The van der Waals surface area contributed by atoms with Gasteiger partial charge in [0.05, 0.1) is 12.5 Å². The molecule has 0 unspecified atom stereocenters. The van der Waals surface area contributed by atoms with Gasteiger partial charge in [0.1, 0.15) is 11.6 Å². The Morgan fingerprint density at radius 2 is 1.93 bits per heavy atom. The first-order valence-electron chi connectivity index (χ1n) is 9.53. The van der Waals surface area contributed by atoms with E-state index >= 15 is 0 Å². The molecule has 0 radical (unpaired) electrons. The van der Waals surface area contributed by atoms with Crippen molar-refractivity contribution in [1.82, 2.24) is 9.88 Å². The van der Waals surface area contributed by atoms with Gasteiger partial charge in [0.2, 0.25) is 0 Å². The number of amides is 1. The van der Waals surface area contributed by atoms with Crippen LogP contribution in [0.1, 0.15) is 67.6 Å². The average Bonchev–Trinajstić information content (AvgIpc) is 2.59. The lowest BCUT2D eigenvalue weighted by Crippen LogP contribution is -2.46. The highest BCUT2D eigenvalue weighted by atomic mass is 16.4. The van der Waals surface area contributed by atoms with Crippen molar-refractivity contribution in [3.05, 3.63) is 33.2 Å². The number of pyridine rings is 1. The molecule has 1 aliphatic carbocycles. The largest absolute Gasteiger partial charge is 0.480 e. The highest BCUT2D eigenvalue weighted by Crippen LogP contribution is 2.20. The van der Waals surface area contributed by atoms with Crippen LogP contribution in [0.25, 0.3) is 0 Å². The summed E-state index contributed by atoms with van der Waals surface area (Å²) in [6.45, 7) is 3.64. The fourth-order valence-electron chi connectivity index (χ4n) is 3.53. The smallest absolute Gasteiger partial charge is 0.326 e. The quantitative estimate of drug-likeness (QED) is 0.794. The highest BCUT2D eigenvalue weighted by Gasteiger charge is 2.26. The second-order valence-corrected chi connectivity index (χ2v) is 7.34. The first-order valence-corrected chi connectivity index (χ1v) is 9.53. The van der Waals surface area contributed by atoms with Crippen LogP contribution in [0.5, 0.6) is 0 Å². The van der Waals surface area contributed by atoms with E-state index in [2.05, 4.69) is 11.4 Å². The maximum Gasteiger partial charge on any atom is 0.326 e. The van der Waals surface area contributed by atoms with Gasteiger partial charge < -0.3 is 15.0 Å². The Labute approximate surface area is 159 Å². The van der Waals surface area contributed by atoms with E-state index in [0.717, 1.165) is 49.8 Å². The Balaban J connectivity index is 2.48. The molecule has 7 nitrogen and oxygen atoms in total. The van der Waals surface area contributed by atoms with Crippen molar-refractivity contribution >= 4 is 11.9 Å². The van der Waals surface area contributed by atoms with Crippen LogP contribution in [0.4, 0.5) is 0 Å². The Morgan fingerprint density at radius 1 is 1.26 bits per heavy atom. The lowest BCUT2D eigenvalue weighted by molar-refractivity contribution is -0.140. The molecule has 1 atom stereocenters. The molecule has 0 spiro atoms. The molecular formula is C20H27N3O4. The van der Waals surface area contributed by atoms with Crippen molar-refractivity contribution in [3.63, 3.8) is 0 Å². The zero-order chi connectivity index (χ0) is 20.0. The van der Waals surface area contributed by atoms with E-state index in [9.17, 15) is 19.5 Å². The monoisotopic (exact) mass is 373 g/mol. The Morgan fingerprint density at radius 3 is 2.52 bits per heavy atom. The number of aryl methyl sites for hydroxylation is 1. The number of nitriles is 1. The predicted molar refractivity (Wildman–Crippen MR) is 101 cm³/mol. The van der Waals surface area contributed by atoms with Crippen molar-refractivity contribution in [1.29, 1.82) is 5.26 Å². The first-order chi connectivity index (χ1) is 12.9. The van der Waals surface area contributed by atoms with Crippen molar-refractivity contribution in [2.24, 2.45) is 5.92 Å². The van der Waals surface area contributed by atoms with Crippen molar-refractivity contribution < 1.29 is 14.7 Å². The van der Waals surface area contributed by atoms with Gasteiger partial charge in [-0.15, -0.1) is 0 Å². The maximum absolute atomic E-state index is 13.0. The number of hydrogen-bond donors (Lipinski definition) is 2. The third-order valence-corrected chi connectivity index (χ3v) is 5.01. The summed E-state index contributed by atoms with van der Waals surface area (Å²) >= 11 is 0. The van der Waals surface area contributed by atoms with Gasteiger partial charge in [-0.3, -0.25) is 9.59 Å². The van der Waals surface area contributed by atoms with Crippen LogP contribution in [0.2, 0.25) is 0 Å². The molecule has 0 fully saturated rings. The van der Waals surface area contributed by atoms with Gasteiger partial charge in [-0.25, -0.2) is 4.79 Å². The van der Waals surface area contributed by atoms with Crippen molar-refractivity contribution in [2.45, 2.75) is 71.4 Å². The molecule has 0 aliphatic heterocycles. The summed E-state index contributed by atoms with van der Waals surface area (Å²) in [7, 11) is 0. The van der Waals surface area contributed by atoms with Crippen LogP contribution in [-0.4, -0.2) is 27.6 Å². The lowest BCUT2D eigenvalue weighted by Gasteiger charge is -2.22. The van der Waals surface area contributed by atoms with Crippen LogP contribution >= 0.6 is 0 Å².